The summed E-state index contributed by atoms with van der Waals surface area (Å²) in [5.74, 6) is -4.02. The maximum Gasteiger partial charge on any atom is 0.257 e. The summed E-state index contributed by atoms with van der Waals surface area (Å²) in [5.41, 5.74) is 0.382. The summed E-state index contributed by atoms with van der Waals surface area (Å²) in [6, 6.07) is 7.14. The number of carbonyl (C=O) groups excluding carboxylic acids is 3. The van der Waals surface area contributed by atoms with Gasteiger partial charge < -0.3 is 16.0 Å². The summed E-state index contributed by atoms with van der Waals surface area (Å²) in [7, 11) is 0. The Balaban J connectivity index is 1.74. The van der Waals surface area contributed by atoms with Crippen molar-refractivity contribution >= 4 is 50.1 Å². The van der Waals surface area contributed by atoms with Crippen molar-refractivity contribution in [2.75, 3.05) is 10.6 Å². The zero-order chi connectivity index (χ0) is 24.1. The summed E-state index contributed by atoms with van der Waals surface area (Å²) in [5, 5.41) is 8.35. The highest BCUT2D eigenvalue weighted by molar-refractivity contribution is 7.22. The van der Waals surface area contributed by atoms with E-state index in [4.69, 9.17) is 0 Å². The van der Waals surface area contributed by atoms with Gasteiger partial charge >= 0.3 is 0 Å². The normalized spacial score (nSPS) is 11.9. The fourth-order valence-corrected chi connectivity index (χ4v) is 4.07. The predicted octanol–water partition coefficient (Wildman–Crippen LogP) is 4.71. The number of nitrogens with zero attached hydrogens (tertiary/aromatic N) is 1. The number of benzene rings is 2. The van der Waals surface area contributed by atoms with Crippen LogP contribution in [-0.4, -0.2) is 28.7 Å². The lowest BCUT2D eigenvalue weighted by Gasteiger charge is -2.22. The Hall–Kier alpha value is -3.40. The number of aromatic nitrogens is 1. The van der Waals surface area contributed by atoms with Crippen LogP contribution in [0.1, 0.15) is 44.0 Å². The number of amides is 3. The first-order valence-electron chi connectivity index (χ1n) is 10.5. The minimum Gasteiger partial charge on any atom is -0.340 e. The van der Waals surface area contributed by atoms with E-state index in [2.05, 4.69) is 20.9 Å². The summed E-state index contributed by atoms with van der Waals surface area (Å²) in [6.07, 6.45) is 1.13. The number of halogens is 2. The van der Waals surface area contributed by atoms with Crippen molar-refractivity contribution in [2.45, 2.75) is 39.7 Å². The Labute approximate surface area is 193 Å². The second-order valence-electron chi connectivity index (χ2n) is 7.78. The molecule has 0 unspecified atom stereocenters. The second-order valence-corrected chi connectivity index (χ2v) is 8.81. The molecule has 10 heteroatoms. The molecule has 0 saturated heterocycles. The van der Waals surface area contributed by atoms with Crippen molar-refractivity contribution in [3.63, 3.8) is 0 Å². The summed E-state index contributed by atoms with van der Waals surface area (Å²) in [6.45, 7) is 5.33. The smallest absolute Gasteiger partial charge is 0.257 e. The molecule has 3 rings (SSSR count). The van der Waals surface area contributed by atoms with Crippen LogP contribution in [0.4, 0.5) is 19.6 Å². The Morgan fingerprint density at radius 1 is 1.06 bits per heavy atom. The molecule has 3 aromatic rings. The van der Waals surface area contributed by atoms with Gasteiger partial charge in [-0.15, -0.1) is 0 Å². The number of rotatable bonds is 8. The number of anilines is 2. The molecule has 7 nitrogen and oxygen atoms in total. The van der Waals surface area contributed by atoms with Crippen LogP contribution in [0, 0.1) is 17.6 Å². The number of carbonyl (C=O) groups is 3. The quantitative estimate of drug-likeness (QED) is 0.440. The van der Waals surface area contributed by atoms with Crippen molar-refractivity contribution in [1.82, 2.24) is 10.3 Å². The highest BCUT2D eigenvalue weighted by Gasteiger charge is 2.27. The monoisotopic (exact) mass is 474 g/mol. The van der Waals surface area contributed by atoms with Gasteiger partial charge in [-0.05, 0) is 42.7 Å². The third-order valence-electron chi connectivity index (χ3n) is 4.80. The zero-order valence-corrected chi connectivity index (χ0v) is 19.2. The van der Waals surface area contributed by atoms with E-state index in [1.807, 2.05) is 6.92 Å². The molecule has 3 amide bonds. The number of nitrogens with one attached hydrogen (secondary N) is 3. The lowest BCUT2D eigenvalue weighted by Crippen LogP contribution is -2.47. The van der Waals surface area contributed by atoms with E-state index in [9.17, 15) is 23.2 Å². The van der Waals surface area contributed by atoms with Gasteiger partial charge in [-0.3, -0.25) is 14.4 Å². The minimum atomic E-state index is -1.03. The Bertz CT molecular complexity index is 1180. The third kappa shape index (κ3) is 5.89. The molecule has 0 spiro atoms. The largest absolute Gasteiger partial charge is 0.340 e. The van der Waals surface area contributed by atoms with Crippen molar-refractivity contribution < 1.29 is 23.2 Å². The molecule has 174 valence electrons. The van der Waals surface area contributed by atoms with E-state index < -0.39 is 35.1 Å². The molecule has 1 aromatic heterocycles. The van der Waals surface area contributed by atoms with Crippen LogP contribution >= 0.6 is 11.3 Å². The number of fused-ring (bicyclic) bond motifs is 1. The van der Waals surface area contributed by atoms with Crippen LogP contribution in [0.15, 0.2) is 36.4 Å². The lowest BCUT2D eigenvalue weighted by molar-refractivity contribution is -0.119. The molecule has 0 radical (unpaired) electrons. The topological polar surface area (TPSA) is 100 Å². The average Bonchev–Trinajstić information content (AvgIpc) is 3.13. The van der Waals surface area contributed by atoms with Crippen LogP contribution in [0.5, 0.6) is 0 Å². The Kier molecular flexibility index (Phi) is 7.70. The van der Waals surface area contributed by atoms with Crippen LogP contribution in [-0.2, 0) is 9.59 Å². The average molecular weight is 475 g/mol. The Morgan fingerprint density at radius 2 is 1.76 bits per heavy atom. The van der Waals surface area contributed by atoms with Gasteiger partial charge in [0.25, 0.3) is 5.91 Å². The highest BCUT2D eigenvalue weighted by Crippen LogP contribution is 2.28. The predicted molar refractivity (Wildman–Crippen MR) is 124 cm³/mol. The molecule has 0 fully saturated rings. The van der Waals surface area contributed by atoms with E-state index in [-0.39, 0.29) is 11.8 Å². The first kappa shape index (κ1) is 24.2. The van der Waals surface area contributed by atoms with E-state index >= 15 is 0 Å². The maximum absolute atomic E-state index is 13.9. The summed E-state index contributed by atoms with van der Waals surface area (Å²) in [4.78, 5) is 41.5. The van der Waals surface area contributed by atoms with E-state index in [0.717, 1.165) is 29.3 Å². The summed E-state index contributed by atoms with van der Waals surface area (Å²) < 4.78 is 28.6. The van der Waals surface area contributed by atoms with Gasteiger partial charge in [0, 0.05) is 12.1 Å². The molecule has 3 N–H and O–H groups in total. The lowest BCUT2D eigenvalue weighted by atomic mass is 10.0. The number of hydrogen-bond acceptors (Lipinski definition) is 5. The van der Waals surface area contributed by atoms with Gasteiger partial charge in [0.2, 0.25) is 11.8 Å². The first-order chi connectivity index (χ1) is 15.7. The van der Waals surface area contributed by atoms with Crippen molar-refractivity contribution in [3.8, 4) is 0 Å². The standard InChI is InChI=1S/C23H24F2N4O3S/c1-4-6-18(30)28-23-27-16-10-9-13(11-17(16)33-23)26-22(32)20(12(2)3)29-21(31)19-14(24)7-5-8-15(19)25/h5,7-12,20H,4,6H2,1-3H3,(H,26,32)(H,29,31)(H,27,28,30)/t20-/m0/s1. The number of thiazole rings is 1. The van der Waals surface area contributed by atoms with Crippen LogP contribution < -0.4 is 16.0 Å². The van der Waals surface area contributed by atoms with Crippen molar-refractivity contribution in [2.24, 2.45) is 5.92 Å². The van der Waals surface area contributed by atoms with Gasteiger partial charge in [-0.25, -0.2) is 13.8 Å². The molecular weight excluding hydrogens is 450 g/mol. The summed E-state index contributed by atoms with van der Waals surface area (Å²) >= 11 is 1.27. The molecule has 33 heavy (non-hydrogen) atoms. The molecule has 1 heterocycles. The zero-order valence-electron chi connectivity index (χ0n) is 18.4. The molecule has 0 aliphatic rings. The van der Waals surface area contributed by atoms with E-state index in [1.165, 1.54) is 11.3 Å². The molecule has 0 aliphatic heterocycles. The molecule has 0 bridgehead atoms. The second kappa shape index (κ2) is 10.5. The van der Waals surface area contributed by atoms with Gasteiger partial charge in [0.1, 0.15) is 23.2 Å². The van der Waals surface area contributed by atoms with Crippen LogP contribution in [0.25, 0.3) is 10.2 Å². The van der Waals surface area contributed by atoms with Crippen molar-refractivity contribution in [1.29, 1.82) is 0 Å². The van der Waals surface area contributed by atoms with Crippen LogP contribution in [0.3, 0.4) is 0 Å². The molecular formula is C23H24F2N4O3S. The van der Waals surface area contributed by atoms with Crippen LogP contribution in [0.2, 0.25) is 0 Å². The van der Waals surface area contributed by atoms with Gasteiger partial charge in [-0.1, -0.05) is 38.2 Å². The fourth-order valence-electron chi connectivity index (χ4n) is 3.15. The SMILES string of the molecule is CCCC(=O)Nc1nc2ccc(NC(=O)[C@@H](NC(=O)c3c(F)cccc3F)C(C)C)cc2s1. The van der Waals surface area contributed by atoms with Gasteiger partial charge in [0.15, 0.2) is 5.13 Å². The Morgan fingerprint density at radius 3 is 2.39 bits per heavy atom. The van der Waals surface area contributed by atoms with Gasteiger partial charge in [0.05, 0.1) is 10.2 Å². The molecule has 0 aliphatic carbocycles. The minimum absolute atomic E-state index is 0.119. The molecule has 2 aromatic carbocycles. The highest BCUT2D eigenvalue weighted by atomic mass is 32.1. The number of hydrogen-bond donors (Lipinski definition) is 3. The maximum atomic E-state index is 13.9. The van der Waals surface area contributed by atoms with E-state index in [0.29, 0.717) is 22.8 Å². The third-order valence-corrected chi connectivity index (χ3v) is 5.74. The van der Waals surface area contributed by atoms with E-state index in [1.54, 1.807) is 32.0 Å². The molecule has 0 saturated carbocycles. The first-order valence-corrected chi connectivity index (χ1v) is 11.3. The fraction of sp³-hybridized carbons (Fsp3) is 0.304. The van der Waals surface area contributed by atoms with Crippen molar-refractivity contribution in [3.05, 3.63) is 53.6 Å². The molecule has 1 atom stereocenters. The van der Waals surface area contributed by atoms with Gasteiger partial charge in [-0.2, -0.15) is 0 Å².